The molecule has 0 bridgehead atoms. The zero-order chi connectivity index (χ0) is 17.3. The first kappa shape index (κ1) is 16.5. The van der Waals surface area contributed by atoms with E-state index in [0.29, 0.717) is 21.9 Å². The second-order valence-corrected chi connectivity index (χ2v) is 6.97. The maximum Gasteiger partial charge on any atom is 0.279 e. The summed E-state index contributed by atoms with van der Waals surface area (Å²) in [4.78, 5) is 17.3. The summed E-state index contributed by atoms with van der Waals surface area (Å²) in [7, 11) is 0. The van der Waals surface area contributed by atoms with Crippen molar-refractivity contribution in [1.82, 2.24) is 4.57 Å². The van der Waals surface area contributed by atoms with Crippen molar-refractivity contribution in [2.45, 2.75) is 20.4 Å². The minimum Gasteiger partial charge on any atom is -0.304 e. The zero-order valence-corrected chi connectivity index (χ0v) is 14.9. The summed E-state index contributed by atoms with van der Waals surface area (Å²) in [6, 6.07) is 10.9. The lowest BCUT2D eigenvalue weighted by molar-refractivity contribution is 0.0998. The normalized spacial score (nSPS) is 11.7. The van der Waals surface area contributed by atoms with Gasteiger partial charge in [0.1, 0.15) is 0 Å². The summed E-state index contributed by atoms with van der Waals surface area (Å²) in [6.45, 7) is 4.46. The lowest BCUT2D eigenvalue weighted by Crippen LogP contribution is -2.16. The highest BCUT2D eigenvalue weighted by Gasteiger charge is 2.11. The van der Waals surface area contributed by atoms with E-state index in [9.17, 15) is 4.79 Å². The molecular formula is C19H15ClN2OS. The van der Waals surface area contributed by atoms with Gasteiger partial charge in [-0.05, 0) is 55.3 Å². The highest BCUT2D eigenvalue weighted by atomic mass is 35.5. The number of thiazole rings is 1. The van der Waals surface area contributed by atoms with E-state index in [2.05, 4.69) is 23.0 Å². The van der Waals surface area contributed by atoms with Gasteiger partial charge in [-0.2, -0.15) is 4.99 Å². The molecule has 0 atom stereocenters. The highest BCUT2D eigenvalue weighted by molar-refractivity contribution is 7.16. The molecule has 0 unspecified atom stereocenters. The van der Waals surface area contributed by atoms with Gasteiger partial charge in [-0.25, -0.2) is 0 Å². The molecule has 2 aromatic carbocycles. The van der Waals surface area contributed by atoms with E-state index in [-0.39, 0.29) is 5.91 Å². The van der Waals surface area contributed by atoms with Crippen molar-refractivity contribution in [2.24, 2.45) is 4.99 Å². The van der Waals surface area contributed by atoms with Gasteiger partial charge in [0.2, 0.25) is 0 Å². The fourth-order valence-electron chi connectivity index (χ4n) is 2.66. The Balaban J connectivity index is 2.19. The summed E-state index contributed by atoms with van der Waals surface area (Å²) in [5.74, 6) is 2.34. The fourth-order valence-corrected chi connectivity index (χ4v) is 3.99. The SMILES string of the molecule is C#CCn1c(=NC(=O)c2ccc(Cl)cc2)sc2cc(C)cc(C)c21. The molecule has 0 aliphatic carbocycles. The van der Waals surface area contributed by atoms with E-state index in [0.717, 1.165) is 15.8 Å². The van der Waals surface area contributed by atoms with Crippen molar-refractivity contribution < 1.29 is 4.79 Å². The average molecular weight is 355 g/mol. The summed E-state index contributed by atoms with van der Waals surface area (Å²) in [5, 5.41) is 0.585. The van der Waals surface area contributed by atoms with Gasteiger partial charge < -0.3 is 4.57 Å². The number of fused-ring (bicyclic) bond motifs is 1. The first-order valence-electron chi connectivity index (χ1n) is 7.38. The molecule has 5 heteroatoms. The first-order chi connectivity index (χ1) is 11.5. The van der Waals surface area contributed by atoms with Crippen LogP contribution in [0.25, 0.3) is 10.2 Å². The third-order valence-corrected chi connectivity index (χ3v) is 4.93. The van der Waals surface area contributed by atoms with Crippen LogP contribution in [0.15, 0.2) is 41.4 Å². The molecule has 0 saturated carbocycles. The van der Waals surface area contributed by atoms with Gasteiger partial charge in [-0.1, -0.05) is 34.9 Å². The van der Waals surface area contributed by atoms with Gasteiger partial charge in [0, 0.05) is 10.6 Å². The molecule has 120 valence electrons. The predicted octanol–water partition coefficient (Wildman–Crippen LogP) is 4.35. The van der Waals surface area contributed by atoms with Gasteiger partial charge >= 0.3 is 0 Å². The van der Waals surface area contributed by atoms with E-state index >= 15 is 0 Å². The molecule has 0 spiro atoms. The fraction of sp³-hybridized carbons (Fsp3) is 0.158. The van der Waals surface area contributed by atoms with Crippen LogP contribution in [-0.4, -0.2) is 10.5 Å². The molecular weight excluding hydrogens is 340 g/mol. The first-order valence-corrected chi connectivity index (χ1v) is 8.57. The lowest BCUT2D eigenvalue weighted by Gasteiger charge is -2.04. The van der Waals surface area contributed by atoms with Gasteiger partial charge in [0.15, 0.2) is 4.80 Å². The maximum absolute atomic E-state index is 12.4. The number of halogens is 1. The average Bonchev–Trinajstić information content (AvgIpc) is 2.85. The molecule has 24 heavy (non-hydrogen) atoms. The second kappa shape index (κ2) is 6.64. The minimum atomic E-state index is -0.307. The van der Waals surface area contributed by atoms with Crippen LogP contribution in [0.5, 0.6) is 0 Å². The number of nitrogens with zero attached hydrogens (tertiary/aromatic N) is 2. The number of aromatic nitrogens is 1. The second-order valence-electron chi connectivity index (χ2n) is 5.53. The number of benzene rings is 2. The van der Waals surface area contributed by atoms with Crippen LogP contribution in [-0.2, 0) is 6.54 Å². The predicted molar refractivity (Wildman–Crippen MR) is 99.5 cm³/mol. The Morgan fingerprint density at radius 2 is 2.00 bits per heavy atom. The molecule has 1 aromatic heterocycles. The van der Waals surface area contributed by atoms with Crippen molar-refractivity contribution in [2.75, 3.05) is 0 Å². The van der Waals surface area contributed by atoms with Crippen molar-refractivity contribution in [3.05, 3.63) is 62.9 Å². The zero-order valence-electron chi connectivity index (χ0n) is 13.3. The molecule has 3 rings (SSSR count). The van der Waals surface area contributed by atoms with Crippen molar-refractivity contribution in [3.8, 4) is 12.3 Å². The molecule has 3 aromatic rings. The Hall–Kier alpha value is -2.35. The van der Waals surface area contributed by atoms with E-state index in [1.54, 1.807) is 24.3 Å². The third-order valence-electron chi connectivity index (χ3n) is 3.65. The molecule has 0 aliphatic heterocycles. The number of rotatable bonds is 2. The summed E-state index contributed by atoms with van der Waals surface area (Å²) in [5.41, 5.74) is 3.82. The van der Waals surface area contributed by atoms with E-state index in [4.69, 9.17) is 18.0 Å². The highest BCUT2D eigenvalue weighted by Crippen LogP contribution is 2.23. The van der Waals surface area contributed by atoms with Crippen LogP contribution in [0.3, 0.4) is 0 Å². The number of amides is 1. The molecule has 0 radical (unpaired) electrons. The van der Waals surface area contributed by atoms with Crippen LogP contribution >= 0.6 is 22.9 Å². The number of carbonyl (C=O) groups excluding carboxylic acids is 1. The van der Waals surface area contributed by atoms with Crippen LogP contribution < -0.4 is 4.80 Å². The Morgan fingerprint density at radius 3 is 2.67 bits per heavy atom. The van der Waals surface area contributed by atoms with Gasteiger partial charge in [-0.15, -0.1) is 6.42 Å². The third kappa shape index (κ3) is 3.14. The molecule has 3 nitrogen and oxygen atoms in total. The van der Waals surface area contributed by atoms with Crippen LogP contribution in [0.2, 0.25) is 5.02 Å². The Morgan fingerprint density at radius 1 is 1.29 bits per heavy atom. The van der Waals surface area contributed by atoms with Crippen molar-refractivity contribution in [1.29, 1.82) is 0 Å². The largest absolute Gasteiger partial charge is 0.304 e. The summed E-state index contributed by atoms with van der Waals surface area (Å²) >= 11 is 7.33. The smallest absolute Gasteiger partial charge is 0.279 e. The molecule has 0 fully saturated rings. The van der Waals surface area contributed by atoms with Gasteiger partial charge in [-0.3, -0.25) is 4.79 Å². The van der Waals surface area contributed by atoms with Crippen LogP contribution in [0.1, 0.15) is 21.5 Å². The molecule has 1 amide bonds. The van der Waals surface area contributed by atoms with E-state index in [1.807, 2.05) is 18.4 Å². The van der Waals surface area contributed by atoms with Gasteiger partial charge in [0.05, 0.1) is 16.8 Å². The number of hydrogen-bond donors (Lipinski definition) is 0. The van der Waals surface area contributed by atoms with E-state index < -0.39 is 0 Å². The van der Waals surface area contributed by atoms with Gasteiger partial charge in [0.25, 0.3) is 5.91 Å². The molecule has 0 saturated heterocycles. The number of hydrogen-bond acceptors (Lipinski definition) is 2. The minimum absolute atomic E-state index is 0.307. The topological polar surface area (TPSA) is 34.4 Å². The molecule has 0 aliphatic rings. The Labute approximate surface area is 149 Å². The van der Waals surface area contributed by atoms with Crippen molar-refractivity contribution in [3.63, 3.8) is 0 Å². The van der Waals surface area contributed by atoms with Crippen LogP contribution in [0, 0.1) is 26.2 Å². The quantitative estimate of drug-likeness (QED) is 0.630. The monoisotopic (exact) mass is 354 g/mol. The van der Waals surface area contributed by atoms with Crippen LogP contribution in [0.4, 0.5) is 0 Å². The summed E-state index contributed by atoms with van der Waals surface area (Å²) < 4.78 is 2.99. The standard InChI is InChI=1S/C19H15ClN2OS/c1-4-9-22-17-13(3)10-12(2)11-16(17)24-19(22)21-18(23)14-5-7-15(20)8-6-14/h1,5-8,10-11H,9H2,2-3H3. The number of terminal acetylenes is 1. The number of aryl methyl sites for hydroxylation is 2. The Bertz CT molecular complexity index is 1040. The van der Waals surface area contributed by atoms with E-state index in [1.165, 1.54) is 16.9 Å². The lowest BCUT2D eigenvalue weighted by atomic mass is 10.1. The maximum atomic E-state index is 12.4. The number of carbonyl (C=O) groups is 1. The molecule has 1 heterocycles. The van der Waals surface area contributed by atoms with Crippen molar-refractivity contribution >= 4 is 39.1 Å². The Kier molecular flexibility index (Phi) is 4.57. The molecule has 0 N–H and O–H groups in total. The summed E-state index contributed by atoms with van der Waals surface area (Å²) in [6.07, 6.45) is 5.51.